The van der Waals surface area contributed by atoms with Crippen LogP contribution in [0.1, 0.15) is 54.4 Å². The van der Waals surface area contributed by atoms with Gasteiger partial charge in [0.1, 0.15) is 17.4 Å². The number of carbonyl (C=O) groups excluding carboxylic acids is 3. The third kappa shape index (κ3) is 4.40. The number of benzene rings is 1. The van der Waals surface area contributed by atoms with Crippen LogP contribution in [0.4, 0.5) is 0 Å². The zero-order chi connectivity index (χ0) is 22.9. The first-order chi connectivity index (χ1) is 15.3. The van der Waals surface area contributed by atoms with Gasteiger partial charge in [-0.05, 0) is 45.4 Å². The summed E-state index contributed by atoms with van der Waals surface area (Å²) in [5.74, 6) is 0.349. The monoisotopic (exact) mass is 438 g/mol. The van der Waals surface area contributed by atoms with Crippen molar-refractivity contribution >= 4 is 17.6 Å². The van der Waals surface area contributed by atoms with E-state index in [1.165, 1.54) is 0 Å². The van der Waals surface area contributed by atoms with Crippen molar-refractivity contribution in [3.05, 3.63) is 47.3 Å². The molecule has 0 radical (unpaired) electrons. The number of carbonyl (C=O) groups is 3. The van der Waals surface area contributed by atoms with Gasteiger partial charge in [-0.25, -0.2) is 0 Å². The summed E-state index contributed by atoms with van der Waals surface area (Å²) in [6, 6.07) is 8.65. The van der Waals surface area contributed by atoms with E-state index in [1.54, 1.807) is 24.0 Å². The topological polar surface area (TPSA) is 93.5 Å². The molecule has 1 N–H and O–H groups in total. The lowest BCUT2D eigenvalue weighted by Crippen LogP contribution is -2.49. The van der Waals surface area contributed by atoms with E-state index >= 15 is 0 Å². The Hall–Kier alpha value is -3.16. The average molecular weight is 439 g/mol. The number of aromatic nitrogens is 2. The number of ether oxygens (including phenoxy) is 1. The molecule has 32 heavy (non-hydrogen) atoms. The van der Waals surface area contributed by atoms with Crippen LogP contribution in [-0.4, -0.2) is 57.0 Å². The Kier molecular flexibility index (Phi) is 6.04. The van der Waals surface area contributed by atoms with Gasteiger partial charge in [0.2, 0.25) is 11.8 Å². The number of rotatable bonds is 5. The molecule has 1 saturated heterocycles. The number of likely N-dealkylation sites (tertiary alicyclic amines) is 1. The average Bonchev–Trinajstić information content (AvgIpc) is 3.00. The van der Waals surface area contributed by atoms with E-state index in [9.17, 15) is 14.4 Å². The molecule has 0 aliphatic carbocycles. The molecule has 3 heterocycles. The third-order valence-electron chi connectivity index (χ3n) is 6.49. The molecule has 0 unspecified atom stereocenters. The first-order valence-electron chi connectivity index (χ1n) is 11.2. The first-order valence-corrected chi connectivity index (χ1v) is 11.2. The van der Waals surface area contributed by atoms with Crippen LogP contribution in [0, 0.1) is 13.8 Å². The van der Waals surface area contributed by atoms with Crippen LogP contribution in [0.15, 0.2) is 30.3 Å². The normalized spacial score (nSPS) is 21.7. The van der Waals surface area contributed by atoms with Gasteiger partial charge in [-0.2, -0.15) is 5.10 Å². The second-order valence-electron chi connectivity index (χ2n) is 8.84. The summed E-state index contributed by atoms with van der Waals surface area (Å²) in [7, 11) is 0. The molecular formula is C24H30N4O4. The summed E-state index contributed by atoms with van der Waals surface area (Å²) >= 11 is 0. The second kappa shape index (κ2) is 8.76. The van der Waals surface area contributed by atoms with E-state index in [1.807, 2.05) is 36.7 Å². The minimum atomic E-state index is -0.693. The van der Waals surface area contributed by atoms with E-state index in [4.69, 9.17) is 4.74 Å². The smallest absolute Gasteiger partial charge is 0.242 e. The number of nitrogens with zero attached hydrogens (tertiary/aromatic N) is 3. The highest BCUT2D eigenvalue weighted by Gasteiger charge is 2.44. The van der Waals surface area contributed by atoms with Crippen molar-refractivity contribution in [2.75, 3.05) is 13.1 Å². The van der Waals surface area contributed by atoms with Crippen LogP contribution >= 0.6 is 0 Å². The van der Waals surface area contributed by atoms with Crippen LogP contribution in [0.25, 0.3) is 0 Å². The molecule has 2 aliphatic heterocycles. The fraction of sp³-hybridized carbons (Fsp3) is 0.500. The van der Waals surface area contributed by atoms with E-state index < -0.39 is 11.6 Å². The van der Waals surface area contributed by atoms with E-state index in [2.05, 4.69) is 10.4 Å². The molecule has 8 nitrogen and oxygen atoms in total. The zero-order valence-corrected chi connectivity index (χ0v) is 18.9. The van der Waals surface area contributed by atoms with Crippen molar-refractivity contribution < 1.29 is 19.1 Å². The van der Waals surface area contributed by atoms with Gasteiger partial charge in [-0.15, -0.1) is 0 Å². The summed E-state index contributed by atoms with van der Waals surface area (Å²) in [6.45, 7) is 7.05. The lowest BCUT2D eigenvalue weighted by molar-refractivity contribution is -0.139. The Morgan fingerprint density at radius 3 is 2.78 bits per heavy atom. The predicted molar refractivity (Wildman–Crippen MR) is 118 cm³/mol. The summed E-state index contributed by atoms with van der Waals surface area (Å²) < 4.78 is 8.12. The molecule has 2 aliphatic rings. The maximum Gasteiger partial charge on any atom is 0.242 e. The van der Waals surface area contributed by atoms with Crippen molar-refractivity contribution in [3.8, 4) is 5.75 Å². The van der Waals surface area contributed by atoms with Crippen molar-refractivity contribution in [2.45, 2.75) is 64.6 Å². The molecule has 4 rings (SSSR count). The minimum absolute atomic E-state index is 0.0442. The van der Waals surface area contributed by atoms with E-state index in [0.717, 1.165) is 11.4 Å². The number of ketones is 1. The molecule has 2 aromatic rings. The summed E-state index contributed by atoms with van der Waals surface area (Å²) in [6.07, 6.45) is 1.49. The number of amides is 2. The lowest BCUT2D eigenvalue weighted by Gasteiger charge is -2.37. The largest absolute Gasteiger partial charge is 0.486 e. The quantitative estimate of drug-likeness (QED) is 0.774. The number of para-hydroxylation sites is 1. The number of hydrogen-bond acceptors (Lipinski definition) is 5. The van der Waals surface area contributed by atoms with Gasteiger partial charge in [0.25, 0.3) is 0 Å². The number of Topliss-reactive ketones (excluding diaryl/α,β-unsaturated/α-hetero) is 1. The SMILES string of the molecule is Cc1cc(C)n(CCNC(=O)[C@H](C)N2CC[C@@]3(CCC2=O)CC(=O)c2ccccc2O3)n1. The molecule has 8 heteroatoms. The van der Waals surface area contributed by atoms with Crippen LogP contribution in [0.2, 0.25) is 0 Å². The molecule has 1 fully saturated rings. The fourth-order valence-electron chi connectivity index (χ4n) is 4.66. The predicted octanol–water partition coefficient (Wildman–Crippen LogP) is 2.42. The number of aryl methyl sites for hydroxylation is 2. The zero-order valence-electron chi connectivity index (χ0n) is 18.9. The second-order valence-corrected chi connectivity index (χ2v) is 8.84. The molecule has 170 valence electrons. The maximum absolute atomic E-state index is 12.8. The molecule has 1 spiro atoms. The highest BCUT2D eigenvalue weighted by Crippen LogP contribution is 2.39. The highest BCUT2D eigenvalue weighted by molar-refractivity contribution is 6.00. The van der Waals surface area contributed by atoms with Gasteiger partial charge in [0.15, 0.2) is 5.78 Å². The summed E-state index contributed by atoms with van der Waals surface area (Å²) in [5.41, 5.74) is 1.89. The van der Waals surface area contributed by atoms with E-state index in [0.29, 0.717) is 43.8 Å². The number of fused-ring (bicyclic) bond motifs is 1. The van der Waals surface area contributed by atoms with Gasteiger partial charge >= 0.3 is 0 Å². The van der Waals surface area contributed by atoms with Crippen LogP contribution in [0.5, 0.6) is 5.75 Å². The lowest BCUT2D eigenvalue weighted by atomic mass is 9.84. The minimum Gasteiger partial charge on any atom is -0.486 e. The Bertz CT molecular complexity index is 1050. The third-order valence-corrected chi connectivity index (χ3v) is 6.49. The van der Waals surface area contributed by atoms with Gasteiger partial charge < -0.3 is 15.0 Å². The molecular weight excluding hydrogens is 408 g/mol. The van der Waals surface area contributed by atoms with Gasteiger partial charge in [-0.1, -0.05) is 12.1 Å². The summed E-state index contributed by atoms with van der Waals surface area (Å²) in [4.78, 5) is 39.9. The Labute approximate surface area is 187 Å². The molecule has 2 atom stereocenters. The van der Waals surface area contributed by atoms with Crippen molar-refractivity contribution in [1.29, 1.82) is 0 Å². The Morgan fingerprint density at radius 1 is 1.25 bits per heavy atom. The van der Waals surface area contributed by atoms with Crippen molar-refractivity contribution in [1.82, 2.24) is 20.0 Å². The molecule has 2 amide bonds. The maximum atomic E-state index is 12.8. The van der Waals surface area contributed by atoms with Gasteiger partial charge in [-0.3, -0.25) is 19.1 Å². The Morgan fingerprint density at radius 2 is 2.03 bits per heavy atom. The van der Waals surface area contributed by atoms with Gasteiger partial charge in [0, 0.05) is 31.6 Å². The fourth-order valence-corrected chi connectivity index (χ4v) is 4.66. The molecule has 0 bridgehead atoms. The Balaban J connectivity index is 1.37. The van der Waals surface area contributed by atoms with E-state index in [-0.39, 0.29) is 30.4 Å². The standard InChI is InChI=1S/C24H30N4O4/c1-16-14-17(2)28(26-16)13-11-25-23(31)18(3)27-12-10-24(9-8-22(27)30)15-20(29)19-6-4-5-7-21(19)32-24/h4-7,14,18H,8-13,15H2,1-3H3,(H,25,31)/t18-,24-/m0/s1. The van der Waals surface area contributed by atoms with Crippen LogP contribution < -0.4 is 10.1 Å². The molecule has 0 saturated carbocycles. The molecule has 1 aromatic carbocycles. The number of nitrogens with one attached hydrogen (secondary N) is 1. The summed E-state index contributed by atoms with van der Waals surface area (Å²) in [5, 5.41) is 7.31. The highest BCUT2D eigenvalue weighted by atomic mass is 16.5. The van der Waals surface area contributed by atoms with Crippen LogP contribution in [0.3, 0.4) is 0 Å². The first kappa shape index (κ1) is 22.0. The van der Waals surface area contributed by atoms with Gasteiger partial charge in [0.05, 0.1) is 24.2 Å². The van der Waals surface area contributed by atoms with Crippen molar-refractivity contribution in [3.63, 3.8) is 0 Å². The van der Waals surface area contributed by atoms with Crippen molar-refractivity contribution in [2.24, 2.45) is 0 Å². The number of hydrogen-bond donors (Lipinski definition) is 1. The molecule has 1 aromatic heterocycles. The van der Waals surface area contributed by atoms with Crippen LogP contribution in [-0.2, 0) is 16.1 Å².